The Morgan fingerprint density at radius 1 is 1.03 bits per heavy atom. The number of anilines is 1. The lowest BCUT2D eigenvalue weighted by Gasteiger charge is -2.22. The highest BCUT2D eigenvalue weighted by atomic mass is 16.5. The van der Waals surface area contributed by atoms with E-state index in [0.717, 1.165) is 0 Å². The zero-order valence-electron chi connectivity index (χ0n) is 18.5. The van der Waals surface area contributed by atoms with Crippen LogP contribution in [0, 0.1) is 5.92 Å². The smallest absolute Gasteiger partial charge is 0.254 e. The number of hydrogen-bond donors (Lipinski definition) is 1. The number of amides is 2. The van der Waals surface area contributed by atoms with Gasteiger partial charge >= 0.3 is 0 Å². The van der Waals surface area contributed by atoms with E-state index in [2.05, 4.69) is 19.2 Å². The second-order valence-corrected chi connectivity index (χ2v) is 7.72. The molecular weight excluding hydrogens is 408 g/mol. The lowest BCUT2D eigenvalue weighted by molar-refractivity contribution is -0.117. The third kappa shape index (κ3) is 6.38. The molecule has 0 saturated heterocycles. The molecular formula is C25H28N2O5. The van der Waals surface area contributed by atoms with Gasteiger partial charge in [0.1, 0.15) is 23.8 Å². The molecule has 0 spiro atoms. The molecule has 7 heteroatoms. The predicted octanol–water partition coefficient (Wildman–Crippen LogP) is 4.60. The first kappa shape index (κ1) is 22.9. The topological polar surface area (TPSA) is 81.0 Å². The molecule has 0 fully saturated rings. The maximum Gasteiger partial charge on any atom is 0.254 e. The van der Waals surface area contributed by atoms with Crippen molar-refractivity contribution in [2.24, 2.45) is 5.92 Å². The largest absolute Gasteiger partial charge is 0.495 e. The van der Waals surface area contributed by atoms with Crippen LogP contribution in [0.1, 0.15) is 30.0 Å². The monoisotopic (exact) mass is 436 g/mol. The van der Waals surface area contributed by atoms with Crippen molar-refractivity contribution in [3.8, 4) is 11.5 Å². The van der Waals surface area contributed by atoms with Gasteiger partial charge in [0, 0.05) is 5.56 Å². The third-order valence-corrected chi connectivity index (χ3v) is 4.61. The highest BCUT2D eigenvalue weighted by molar-refractivity contribution is 5.99. The van der Waals surface area contributed by atoms with Crippen LogP contribution in [0.15, 0.2) is 71.3 Å². The van der Waals surface area contributed by atoms with Gasteiger partial charge in [0.15, 0.2) is 0 Å². The summed E-state index contributed by atoms with van der Waals surface area (Å²) in [6.45, 7) is 4.75. The third-order valence-electron chi connectivity index (χ3n) is 4.61. The van der Waals surface area contributed by atoms with E-state index < -0.39 is 0 Å². The second kappa shape index (κ2) is 11.0. The van der Waals surface area contributed by atoms with Gasteiger partial charge in [0.2, 0.25) is 5.91 Å². The zero-order chi connectivity index (χ0) is 22.9. The number of rotatable bonds is 10. The number of ether oxygens (including phenoxy) is 2. The SMILES string of the molecule is COc1ccccc1NC(=O)CN(Cc1ccco1)C(=O)c1ccc(OCC(C)C)cc1. The summed E-state index contributed by atoms with van der Waals surface area (Å²) in [5, 5.41) is 2.81. The lowest BCUT2D eigenvalue weighted by Crippen LogP contribution is -2.37. The van der Waals surface area contributed by atoms with Crippen molar-refractivity contribution in [3.05, 3.63) is 78.3 Å². The van der Waals surface area contributed by atoms with Gasteiger partial charge in [-0.2, -0.15) is 0 Å². The van der Waals surface area contributed by atoms with Crippen LogP contribution in [0.3, 0.4) is 0 Å². The molecule has 0 saturated carbocycles. The average Bonchev–Trinajstić information content (AvgIpc) is 3.30. The molecule has 0 aliphatic carbocycles. The Morgan fingerprint density at radius 3 is 2.44 bits per heavy atom. The maximum absolute atomic E-state index is 13.2. The molecule has 0 unspecified atom stereocenters. The molecule has 2 amide bonds. The Kier molecular flexibility index (Phi) is 7.91. The summed E-state index contributed by atoms with van der Waals surface area (Å²) in [4.78, 5) is 27.4. The van der Waals surface area contributed by atoms with Gasteiger partial charge in [-0.05, 0) is 54.4 Å². The number of nitrogens with zero attached hydrogens (tertiary/aromatic N) is 1. The molecule has 168 valence electrons. The Balaban J connectivity index is 1.73. The molecule has 7 nitrogen and oxygen atoms in total. The van der Waals surface area contributed by atoms with Crippen LogP contribution in [0.25, 0.3) is 0 Å². The fourth-order valence-corrected chi connectivity index (χ4v) is 3.04. The summed E-state index contributed by atoms with van der Waals surface area (Å²) in [6.07, 6.45) is 1.54. The molecule has 3 rings (SSSR count). The van der Waals surface area contributed by atoms with Crippen molar-refractivity contribution in [3.63, 3.8) is 0 Å². The first-order valence-corrected chi connectivity index (χ1v) is 10.4. The van der Waals surface area contributed by atoms with Crippen molar-refractivity contribution in [1.29, 1.82) is 0 Å². The van der Waals surface area contributed by atoms with E-state index in [4.69, 9.17) is 13.9 Å². The van der Waals surface area contributed by atoms with E-state index in [-0.39, 0.29) is 24.9 Å². The van der Waals surface area contributed by atoms with Gasteiger partial charge in [-0.1, -0.05) is 26.0 Å². The number of furan rings is 1. The van der Waals surface area contributed by atoms with Crippen LogP contribution in [-0.2, 0) is 11.3 Å². The van der Waals surface area contributed by atoms with Crippen LogP contribution in [-0.4, -0.2) is 37.0 Å². The molecule has 0 atom stereocenters. The van der Waals surface area contributed by atoms with Crippen molar-refractivity contribution in [1.82, 2.24) is 4.90 Å². The Bertz CT molecular complexity index is 1010. The number of nitrogens with one attached hydrogen (secondary N) is 1. The summed E-state index contributed by atoms with van der Waals surface area (Å²) in [6, 6.07) is 17.5. The van der Waals surface area contributed by atoms with Crippen LogP contribution >= 0.6 is 0 Å². The molecule has 0 bridgehead atoms. The molecule has 1 aromatic heterocycles. The van der Waals surface area contributed by atoms with E-state index in [9.17, 15) is 9.59 Å². The molecule has 32 heavy (non-hydrogen) atoms. The number of benzene rings is 2. The van der Waals surface area contributed by atoms with Gasteiger partial charge in [-0.3, -0.25) is 9.59 Å². The van der Waals surface area contributed by atoms with E-state index in [1.165, 1.54) is 18.3 Å². The minimum atomic E-state index is -0.341. The lowest BCUT2D eigenvalue weighted by atomic mass is 10.1. The molecule has 0 radical (unpaired) electrons. The number of carbonyl (C=O) groups is 2. The Labute approximate surface area is 187 Å². The summed E-state index contributed by atoms with van der Waals surface area (Å²) < 4.78 is 16.4. The van der Waals surface area contributed by atoms with E-state index in [1.54, 1.807) is 54.6 Å². The van der Waals surface area contributed by atoms with Crippen molar-refractivity contribution in [2.75, 3.05) is 25.6 Å². The standard InChI is InChI=1S/C25H28N2O5/c1-18(2)17-32-20-12-10-19(11-13-20)25(29)27(15-21-7-6-14-31-21)16-24(28)26-22-8-4-5-9-23(22)30-3/h4-14,18H,15-17H2,1-3H3,(H,26,28). The van der Waals surface area contributed by atoms with Crippen molar-refractivity contribution < 1.29 is 23.5 Å². The van der Waals surface area contributed by atoms with Gasteiger partial charge in [-0.15, -0.1) is 0 Å². The summed E-state index contributed by atoms with van der Waals surface area (Å²) >= 11 is 0. The Morgan fingerprint density at radius 2 is 1.78 bits per heavy atom. The number of methoxy groups -OCH3 is 1. The van der Waals surface area contributed by atoms with E-state index in [1.807, 2.05) is 6.07 Å². The second-order valence-electron chi connectivity index (χ2n) is 7.72. The number of carbonyl (C=O) groups excluding carboxylic acids is 2. The first-order chi connectivity index (χ1) is 15.5. The quantitative estimate of drug-likeness (QED) is 0.502. The molecule has 1 heterocycles. The highest BCUT2D eigenvalue weighted by Crippen LogP contribution is 2.23. The fourth-order valence-electron chi connectivity index (χ4n) is 3.04. The summed E-state index contributed by atoms with van der Waals surface area (Å²) in [7, 11) is 1.53. The highest BCUT2D eigenvalue weighted by Gasteiger charge is 2.21. The molecule has 0 aliphatic rings. The Hall–Kier alpha value is -3.74. The van der Waals surface area contributed by atoms with Crippen LogP contribution in [0.2, 0.25) is 0 Å². The molecule has 0 aliphatic heterocycles. The van der Waals surface area contributed by atoms with Gasteiger partial charge in [-0.25, -0.2) is 0 Å². The molecule has 3 aromatic rings. The predicted molar refractivity (Wildman–Crippen MR) is 122 cm³/mol. The van der Waals surface area contributed by atoms with Gasteiger partial charge in [0.25, 0.3) is 5.91 Å². The van der Waals surface area contributed by atoms with Crippen molar-refractivity contribution in [2.45, 2.75) is 20.4 Å². The molecule has 2 aromatic carbocycles. The number of hydrogen-bond acceptors (Lipinski definition) is 5. The van der Waals surface area contributed by atoms with E-state index in [0.29, 0.717) is 41.0 Å². The van der Waals surface area contributed by atoms with Gasteiger partial charge in [0.05, 0.1) is 32.2 Å². The van der Waals surface area contributed by atoms with Crippen molar-refractivity contribution >= 4 is 17.5 Å². The van der Waals surface area contributed by atoms with E-state index >= 15 is 0 Å². The minimum Gasteiger partial charge on any atom is -0.495 e. The minimum absolute atomic E-state index is 0.150. The summed E-state index contributed by atoms with van der Waals surface area (Å²) in [5.74, 6) is 1.60. The number of para-hydroxylation sites is 2. The zero-order valence-corrected chi connectivity index (χ0v) is 18.5. The van der Waals surface area contributed by atoms with Crippen LogP contribution in [0.5, 0.6) is 11.5 Å². The van der Waals surface area contributed by atoms with Gasteiger partial charge < -0.3 is 24.1 Å². The van der Waals surface area contributed by atoms with Crippen LogP contribution < -0.4 is 14.8 Å². The first-order valence-electron chi connectivity index (χ1n) is 10.4. The normalized spacial score (nSPS) is 10.6. The average molecular weight is 437 g/mol. The fraction of sp³-hybridized carbons (Fsp3) is 0.280. The summed E-state index contributed by atoms with van der Waals surface area (Å²) in [5.41, 5.74) is 0.996. The maximum atomic E-state index is 13.2. The van der Waals surface area contributed by atoms with Crippen LogP contribution in [0.4, 0.5) is 5.69 Å². The molecule has 1 N–H and O–H groups in total.